The largest absolute Gasteiger partial charge is 0.467 e. The molecule has 108 valence electrons. The summed E-state index contributed by atoms with van der Waals surface area (Å²) in [5, 5.41) is 3.43. The van der Waals surface area contributed by atoms with E-state index in [0.29, 0.717) is 0 Å². The Bertz CT molecular complexity index is 523. The van der Waals surface area contributed by atoms with Gasteiger partial charge in [0.2, 0.25) is 0 Å². The van der Waals surface area contributed by atoms with Crippen LogP contribution in [0.4, 0.5) is 5.69 Å². The fraction of sp³-hybridized carbons (Fsp3) is 0.438. The van der Waals surface area contributed by atoms with E-state index in [-0.39, 0.29) is 0 Å². The van der Waals surface area contributed by atoms with E-state index < -0.39 is 0 Å². The third-order valence-corrected chi connectivity index (χ3v) is 3.23. The highest BCUT2D eigenvalue weighted by Gasteiger charge is 2.10. The summed E-state index contributed by atoms with van der Waals surface area (Å²) in [6, 6.07) is 6.05. The fourth-order valence-corrected chi connectivity index (χ4v) is 2.19. The van der Waals surface area contributed by atoms with Crippen LogP contribution in [0.3, 0.4) is 0 Å². The summed E-state index contributed by atoms with van der Waals surface area (Å²) in [5.74, 6) is 0.967. The summed E-state index contributed by atoms with van der Waals surface area (Å²) >= 11 is 0. The summed E-state index contributed by atoms with van der Waals surface area (Å²) in [7, 11) is 2.08. The van der Waals surface area contributed by atoms with Crippen molar-refractivity contribution in [3.05, 3.63) is 47.7 Å². The first-order chi connectivity index (χ1) is 9.70. The highest BCUT2D eigenvalue weighted by atomic mass is 16.3. The van der Waals surface area contributed by atoms with Crippen LogP contribution in [0.2, 0.25) is 0 Å². The van der Waals surface area contributed by atoms with Crippen molar-refractivity contribution in [3.8, 4) is 0 Å². The van der Waals surface area contributed by atoms with Gasteiger partial charge in [-0.05, 0) is 38.1 Å². The molecule has 0 saturated heterocycles. The van der Waals surface area contributed by atoms with Crippen LogP contribution in [0, 0.1) is 6.92 Å². The van der Waals surface area contributed by atoms with Crippen LogP contribution in [0.1, 0.15) is 30.4 Å². The molecule has 0 aromatic carbocycles. The molecule has 1 N–H and O–H groups in total. The van der Waals surface area contributed by atoms with Crippen molar-refractivity contribution in [1.29, 1.82) is 0 Å². The first-order valence-electron chi connectivity index (χ1n) is 7.10. The zero-order valence-electron chi connectivity index (χ0n) is 12.5. The molecule has 2 aromatic rings. The molecule has 0 aliphatic rings. The smallest absolute Gasteiger partial charge is 0.123 e. The topological polar surface area (TPSA) is 41.3 Å². The second kappa shape index (κ2) is 7.10. The van der Waals surface area contributed by atoms with E-state index in [1.807, 2.05) is 25.3 Å². The normalized spacial score (nSPS) is 10.8. The highest BCUT2D eigenvalue weighted by molar-refractivity contribution is 5.53. The predicted molar refractivity (Wildman–Crippen MR) is 81.8 cm³/mol. The average molecular weight is 273 g/mol. The number of aryl methyl sites for hydroxylation is 1. The number of nitrogens with zero attached hydrogens (tertiary/aromatic N) is 2. The van der Waals surface area contributed by atoms with Crippen LogP contribution in [0.5, 0.6) is 0 Å². The maximum absolute atomic E-state index is 5.42. The minimum absolute atomic E-state index is 0.761. The molecule has 4 heteroatoms. The number of nitrogens with one attached hydrogen (secondary N) is 1. The lowest BCUT2D eigenvalue weighted by atomic mass is 10.2. The highest BCUT2D eigenvalue weighted by Crippen LogP contribution is 2.21. The van der Waals surface area contributed by atoms with Gasteiger partial charge in [0.15, 0.2) is 0 Å². The first kappa shape index (κ1) is 14.6. The third kappa shape index (κ3) is 3.84. The summed E-state index contributed by atoms with van der Waals surface area (Å²) in [4.78, 5) is 6.61. The van der Waals surface area contributed by atoms with Crippen molar-refractivity contribution in [3.63, 3.8) is 0 Å². The van der Waals surface area contributed by atoms with Crippen LogP contribution in [-0.2, 0) is 13.1 Å². The molecule has 2 rings (SSSR count). The Morgan fingerprint density at radius 1 is 1.40 bits per heavy atom. The maximum atomic E-state index is 5.42. The quantitative estimate of drug-likeness (QED) is 0.787. The van der Waals surface area contributed by atoms with Crippen molar-refractivity contribution < 1.29 is 4.42 Å². The molecule has 0 radical (unpaired) electrons. The van der Waals surface area contributed by atoms with Crippen molar-refractivity contribution in [1.82, 2.24) is 10.3 Å². The van der Waals surface area contributed by atoms with Gasteiger partial charge in [-0.25, -0.2) is 0 Å². The second-order valence-corrected chi connectivity index (χ2v) is 5.07. The Morgan fingerprint density at radius 3 is 2.95 bits per heavy atom. The van der Waals surface area contributed by atoms with Crippen LogP contribution in [-0.4, -0.2) is 18.6 Å². The number of hydrogen-bond acceptors (Lipinski definition) is 4. The Kier molecular flexibility index (Phi) is 5.18. The number of aromatic nitrogens is 1. The molecule has 0 atom stereocenters. The molecule has 0 amide bonds. The molecule has 2 heterocycles. The molecule has 0 unspecified atom stereocenters. The monoisotopic (exact) mass is 273 g/mol. The van der Waals surface area contributed by atoms with Gasteiger partial charge in [-0.15, -0.1) is 0 Å². The minimum atomic E-state index is 0.761. The molecule has 4 nitrogen and oxygen atoms in total. The van der Waals surface area contributed by atoms with E-state index in [0.717, 1.165) is 37.5 Å². The number of hydrogen-bond donors (Lipinski definition) is 1. The van der Waals surface area contributed by atoms with Crippen LogP contribution in [0.25, 0.3) is 0 Å². The molecular formula is C16H23N3O. The van der Waals surface area contributed by atoms with Crippen LogP contribution < -0.4 is 10.2 Å². The summed E-state index contributed by atoms with van der Waals surface area (Å²) < 4.78 is 5.42. The van der Waals surface area contributed by atoms with Gasteiger partial charge in [0.05, 0.1) is 12.8 Å². The van der Waals surface area contributed by atoms with Gasteiger partial charge >= 0.3 is 0 Å². The lowest BCUT2D eigenvalue weighted by Gasteiger charge is -2.22. The first-order valence-corrected chi connectivity index (χ1v) is 7.10. The Balaban J connectivity index is 2.13. The number of rotatable bonds is 7. The lowest BCUT2D eigenvalue weighted by molar-refractivity contribution is 0.507. The van der Waals surface area contributed by atoms with Gasteiger partial charge in [-0.3, -0.25) is 4.98 Å². The van der Waals surface area contributed by atoms with E-state index in [4.69, 9.17) is 4.42 Å². The zero-order valence-corrected chi connectivity index (χ0v) is 12.5. The molecule has 0 saturated carbocycles. The van der Waals surface area contributed by atoms with Gasteiger partial charge in [-0.2, -0.15) is 0 Å². The van der Waals surface area contributed by atoms with E-state index in [1.54, 1.807) is 6.26 Å². The molecule has 20 heavy (non-hydrogen) atoms. The maximum Gasteiger partial charge on any atom is 0.123 e. The van der Waals surface area contributed by atoms with Crippen molar-refractivity contribution in [2.75, 3.05) is 18.5 Å². The summed E-state index contributed by atoms with van der Waals surface area (Å²) in [6.07, 6.45) is 4.81. The van der Waals surface area contributed by atoms with E-state index in [1.165, 1.54) is 11.3 Å². The molecule has 0 spiro atoms. The van der Waals surface area contributed by atoms with Gasteiger partial charge in [0.1, 0.15) is 5.76 Å². The van der Waals surface area contributed by atoms with Crippen LogP contribution in [0.15, 0.2) is 35.1 Å². The van der Waals surface area contributed by atoms with E-state index >= 15 is 0 Å². The summed E-state index contributed by atoms with van der Waals surface area (Å²) in [5.41, 5.74) is 3.46. The summed E-state index contributed by atoms with van der Waals surface area (Å²) in [6.45, 7) is 6.82. The molecule has 2 aromatic heterocycles. The SMILES string of the molecule is CCCNCc1cnc(C)cc1N(C)Cc1ccco1. The Hall–Kier alpha value is -1.81. The molecule has 0 aliphatic heterocycles. The van der Waals surface area contributed by atoms with Crippen LogP contribution >= 0.6 is 0 Å². The third-order valence-electron chi connectivity index (χ3n) is 3.23. The van der Waals surface area contributed by atoms with E-state index in [2.05, 4.69) is 35.2 Å². The van der Waals surface area contributed by atoms with Crippen molar-refractivity contribution >= 4 is 5.69 Å². The van der Waals surface area contributed by atoms with Gasteiger partial charge < -0.3 is 14.6 Å². The average Bonchev–Trinajstić information content (AvgIpc) is 2.93. The number of pyridine rings is 1. The fourth-order valence-electron chi connectivity index (χ4n) is 2.19. The van der Waals surface area contributed by atoms with Crippen molar-refractivity contribution in [2.24, 2.45) is 0 Å². The van der Waals surface area contributed by atoms with E-state index in [9.17, 15) is 0 Å². The molecular weight excluding hydrogens is 250 g/mol. The molecule has 0 bridgehead atoms. The predicted octanol–water partition coefficient (Wildman–Crippen LogP) is 3.12. The number of furan rings is 1. The van der Waals surface area contributed by atoms with Gasteiger partial charge in [0.25, 0.3) is 0 Å². The number of anilines is 1. The Morgan fingerprint density at radius 2 is 2.25 bits per heavy atom. The van der Waals surface area contributed by atoms with Gasteiger partial charge in [-0.1, -0.05) is 6.92 Å². The lowest BCUT2D eigenvalue weighted by Crippen LogP contribution is -2.21. The van der Waals surface area contributed by atoms with Crippen molar-refractivity contribution in [2.45, 2.75) is 33.4 Å². The minimum Gasteiger partial charge on any atom is -0.467 e. The zero-order chi connectivity index (χ0) is 14.4. The Labute approximate surface area is 120 Å². The van der Waals surface area contributed by atoms with Gasteiger partial charge in [0, 0.05) is 36.7 Å². The standard InChI is InChI=1S/C16H23N3O/c1-4-7-17-10-14-11-18-13(2)9-16(14)19(3)12-15-6-5-8-20-15/h5-6,8-9,11,17H,4,7,10,12H2,1-3H3. The molecule has 0 fully saturated rings. The molecule has 0 aliphatic carbocycles. The second-order valence-electron chi connectivity index (χ2n) is 5.07.